The van der Waals surface area contributed by atoms with Crippen molar-refractivity contribution < 1.29 is 9.53 Å². The van der Waals surface area contributed by atoms with Crippen molar-refractivity contribution in [3.63, 3.8) is 0 Å². The molecule has 0 aromatic heterocycles. The summed E-state index contributed by atoms with van der Waals surface area (Å²) in [6, 6.07) is 7.62. The van der Waals surface area contributed by atoms with Gasteiger partial charge in [0.2, 0.25) is 5.91 Å². The lowest BCUT2D eigenvalue weighted by atomic mass is 10.1. The van der Waals surface area contributed by atoms with Crippen molar-refractivity contribution >= 4 is 17.5 Å². The Morgan fingerprint density at radius 3 is 3.05 bits per heavy atom. The van der Waals surface area contributed by atoms with E-state index in [1.807, 2.05) is 38.2 Å². The number of amides is 1. The smallest absolute Gasteiger partial charge is 0.225 e. The van der Waals surface area contributed by atoms with Gasteiger partial charge in [-0.25, -0.2) is 0 Å². The first kappa shape index (κ1) is 15.3. The molecule has 0 radical (unpaired) electrons. The average Bonchev–Trinajstić information content (AvgIpc) is 2.46. The number of rotatable bonds is 4. The van der Waals surface area contributed by atoms with Crippen molar-refractivity contribution in [3.8, 4) is 0 Å². The minimum absolute atomic E-state index is 0.00208. The molecule has 0 spiro atoms. The van der Waals surface area contributed by atoms with E-state index in [4.69, 9.17) is 16.3 Å². The molecule has 2 rings (SSSR count). The van der Waals surface area contributed by atoms with Crippen molar-refractivity contribution in [2.24, 2.45) is 0 Å². The van der Waals surface area contributed by atoms with Gasteiger partial charge in [-0.15, -0.1) is 0 Å². The lowest BCUT2D eigenvalue weighted by Gasteiger charge is -2.29. The maximum absolute atomic E-state index is 12.3. The van der Waals surface area contributed by atoms with Gasteiger partial charge in [0.25, 0.3) is 0 Å². The Labute approximate surface area is 125 Å². The van der Waals surface area contributed by atoms with Crippen molar-refractivity contribution in [2.45, 2.75) is 25.5 Å². The predicted molar refractivity (Wildman–Crippen MR) is 79.9 cm³/mol. The molecule has 1 N–H and O–H groups in total. The second-order valence-electron chi connectivity index (χ2n) is 5.14. The van der Waals surface area contributed by atoms with Crippen LogP contribution < -0.4 is 5.32 Å². The van der Waals surface area contributed by atoms with E-state index < -0.39 is 0 Å². The van der Waals surface area contributed by atoms with Crippen LogP contribution in [0.2, 0.25) is 5.02 Å². The molecule has 1 aliphatic rings. The van der Waals surface area contributed by atoms with Gasteiger partial charge in [0.05, 0.1) is 25.2 Å². The first-order valence-electron chi connectivity index (χ1n) is 6.91. The maximum Gasteiger partial charge on any atom is 0.225 e. The summed E-state index contributed by atoms with van der Waals surface area (Å²) in [7, 11) is 1.82. The number of hydrogen-bond acceptors (Lipinski definition) is 3. The fraction of sp³-hybridized carbons (Fsp3) is 0.533. The largest absolute Gasteiger partial charge is 0.375 e. The minimum atomic E-state index is -0.0229. The van der Waals surface area contributed by atoms with Crippen molar-refractivity contribution in [1.82, 2.24) is 10.2 Å². The zero-order valence-corrected chi connectivity index (χ0v) is 12.7. The monoisotopic (exact) mass is 296 g/mol. The van der Waals surface area contributed by atoms with E-state index in [0.717, 1.165) is 18.7 Å². The van der Waals surface area contributed by atoms with E-state index in [0.29, 0.717) is 18.1 Å². The molecule has 2 atom stereocenters. The summed E-state index contributed by atoms with van der Waals surface area (Å²) in [5.41, 5.74) is 1.04. The Bertz CT molecular complexity index is 461. The highest BCUT2D eigenvalue weighted by Crippen LogP contribution is 2.22. The quantitative estimate of drug-likeness (QED) is 0.926. The lowest BCUT2D eigenvalue weighted by Crippen LogP contribution is -2.42. The number of ether oxygens (including phenoxy) is 1. The number of morpholine rings is 1. The summed E-state index contributed by atoms with van der Waals surface area (Å²) >= 11 is 6.00. The number of carbonyl (C=O) groups is 1. The van der Waals surface area contributed by atoms with Crippen LogP contribution >= 0.6 is 11.6 Å². The zero-order chi connectivity index (χ0) is 14.5. The summed E-state index contributed by atoms with van der Waals surface area (Å²) in [5.74, 6) is 0.0891. The summed E-state index contributed by atoms with van der Waals surface area (Å²) in [4.78, 5) is 14.0. The highest BCUT2D eigenvalue weighted by atomic mass is 35.5. The fourth-order valence-corrected chi connectivity index (χ4v) is 2.49. The standard InChI is InChI=1S/C15H21ClN2O2/c1-11(12-4-3-5-13(16)8-12)18(2)15(19)9-14-10-17-6-7-20-14/h3-5,8,11,14,17H,6-7,9-10H2,1-2H3. The van der Waals surface area contributed by atoms with Gasteiger partial charge in [0, 0.05) is 25.2 Å². The molecule has 0 bridgehead atoms. The lowest BCUT2D eigenvalue weighted by molar-refractivity contribution is -0.135. The Morgan fingerprint density at radius 2 is 2.40 bits per heavy atom. The molecular weight excluding hydrogens is 276 g/mol. The first-order valence-corrected chi connectivity index (χ1v) is 7.29. The molecule has 0 saturated carbocycles. The highest BCUT2D eigenvalue weighted by Gasteiger charge is 2.23. The van der Waals surface area contributed by atoms with Crippen LogP contribution in [0.1, 0.15) is 24.9 Å². The van der Waals surface area contributed by atoms with Gasteiger partial charge in [-0.3, -0.25) is 4.79 Å². The number of carbonyl (C=O) groups excluding carboxylic acids is 1. The number of hydrogen-bond donors (Lipinski definition) is 1. The van der Waals surface area contributed by atoms with Crippen molar-refractivity contribution in [3.05, 3.63) is 34.9 Å². The first-order chi connectivity index (χ1) is 9.58. The molecule has 2 unspecified atom stereocenters. The molecule has 5 heteroatoms. The van der Waals surface area contributed by atoms with E-state index in [1.54, 1.807) is 4.90 Å². The predicted octanol–water partition coefficient (Wildman–Crippen LogP) is 2.24. The normalized spacial score (nSPS) is 20.4. The Balaban J connectivity index is 1.95. The molecule has 1 saturated heterocycles. The Hall–Kier alpha value is -1.10. The zero-order valence-electron chi connectivity index (χ0n) is 11.9. The number of benzene rings is 1. The van der Waals surface area contributed by atoms with Gasteiger partial charge >= 0.3 is 0 Å². The number of halogens is 1. The van der Waals surface area contributed by atoms with Crippen LogP contribution in [0.3, 0.4) is 0 Å². The van der Waals surface area contributed by atoms with E-state index >= 15 is 0 Å². The topological polar surface area (TPSA) is 41.6 Å². The Morgan fingerprint density at radius 1 is 1.60 bits per heavy atom. The van der Waals surface area contributed by atoms with Crippen LogP contribution in [0.4, 0.5) is 0 Å². The average molecular weight is 297 g/mol. The van der Waals surface area contributed by atoms with Gasteiger partial charge in [0.15, 0.2) is 0 Å². The second kappa shape index (κ2) is 7.07. The third-order valence-corrected chi connectivity index (χ3v) is 3.95. The summed E-state index contributed by atoms with van der Waals surface area (Å²) in [6.45, 7) is 4.28. The van der Waals surface area contributed by atoms with Crippen LogP contribution in [-0.4, -0.2) is 43.7 Å². The van der Waals surface area contributed by atoms with Gasteiger partial charge < -0.3 is 15.0 Å². The van der Waals surface area contributed by atoms with Crippen LogP contribution in [0.5, 0.6) is 0 Å². The fourth-order valence-electron chi connectivity index (χ4n) is 2.30. The summed E-state index contributed by atoms with van der Waals surface area (Å²) in [6.07, 6.45) is 0.388. The Kier molecular flexibility index (Phi) is 5.40. The molecule has 1 aromatic rings. The molecule has 20 heavy (non-hydrogen) atoms. The SMILES string of the molecule is CC(c1cccc(Cl)c1)N(C)C(=O)CC1CNCCO1. The van der Waals surface area contributed by atoms with E-state index in [2.05, 4.69) is 5.32 Å². The van der Waals surface area contributed by atoms with Crippen LogP contribution in [-0.2, 0) is 9.53 Å². The molecule has 1 fully saturated rings. The molecule has 1 aliphatic heterocycles. The molecule has 1 aromatic carbocycles. The van der Waals surface area contributed by atoms with Gasteiger partial charge in [0.1, 0.15) is 0 Å². The molecule has 4 nitrogen and oxygen atoms in total. The highest BCUT2D eigenvalue weighted by molar-refractivity contribution is 6.30. The molecule has 110 valence electrons. The van der Waals surface area contributed by atoms with Crippen LogP contribution in [0.15, 0.2) is 24.3 Å². The van der Waals surface area contributed by atoms with Crippen LogP contribution in [0.25, 0.3) is 0 Å². The van der Waals surface area contributed by atoms with Gasteiger partial charge in [-0.2, -0.15) is 0 Å². The molecule has 1 amide bonds. The molecular formula is C15H21ClN2O2. The number of nitrogens with one attached hydrogen (secondary N) is 1. The third-order valence-electron chi connectivity index (χ3n) is 3.71. The minimum Gasteiger partial charge on any atom is -0.375 e. The van der Waals surface area contributed by atoms with E-state index in [9.17, 15) is 4.79 Å². The summed E-state index contributed by atoms with van der Waals surface area (Å²) in [5, 5.41) is 3.92. The maximum atomic E-state index is 12.3. The summed E-state index contributed by atoms with van der Waals surface area (Å²) < 4.78 is 5.57. The second-order valence-corrected chi connectivity index (χ2v) is 5.57. The van der Waals surface area contributed by atoms with E-state index in [1.165, 1.54) is 0 Å². The van der Waals surface area contributed by atoms with Crippen molar-refractivity contribution in [2.75, 3.05) is 26.7 Å². The van der Waals surface area contributed by atoms with Gasteiger partial charge in [-0.1, -0.05) is 23.7 Å². The third kappa shape index (κ3) is 3.95. The number of nitrogens with zero attached hydrogens (tertiary/aromatic N) is 1. The van der Waals surface area contributed by atoms with Crippen LogP contribution in [0, 0.1) is 0 Å². The molecule has 0 aliphatic carbocycles. The van der Waals surface area contributed by atoms with Gasteiger partial charge in [-0.05, 0) is 24.6 Å². The van der Waals surface area contributed by atoms with E-state index in [-0.39, 0.29) is 18.1 Å². The van der Waals surface area contributed by atoms with Crippen molar-refractivity contribution in [1.29, 1.82) is 0 Å². The molecule has 1 heterocycles.